The molecule has 0 spiro atoms. The minimum absolute atomic E-state index is 0.0813. The second-order valence-electron chi connectivity index (χ2n) is 9.58. The van der Waals surface area contributed by atoms with Gasteiger partial charge in [-0.25, -0.2) is 9.80 Å². The van der Waals surface area contributed by atoms with E-state index in [1.165, 1.54) is 5.01 Å². The van der Waals surface area contributed by atoms with Gasteiger partial charge < -0.3 is 15.1 Å². The molecule has 0 saturated carbocycles. The second kappa shape index (κ2) is 11.3. The Hall–Kier alpha value is -3.83. The summed E-state index contributed by atoms with van der Waals surface area (Å²) in [6.45, 7) is 5.34. The lowest BCUT2D eigenvalue weighted by molar-refractivity contribution is -0.189. The van der Waals surface area contributed by atoms with Crippen molar-refractivity contribution in [3.8, 4) is 12.3 Å². The number of rotatable bonds is 7. The fraction of sp³-hybridized carbons (Fsp3) is 0.393. The summed E-state index contributed by atoms with van der Waals surface area (Å²) in [7, 11) is 0. The largest absolute Gasteiger partial charge is 0.337 e. The molecule has 8 heteroatoms. The first kappa shape index (κ1) is 25.3. The van der Waals surface area contributed by atoms with Crippen molar-refractivity contribution >= 4 is 17.8 Å². The van der Waals surface area contributed by atoms with Crippen LogP contribution in [0, 0.1) is 18.3 Å². The molecular weight excluding hydrogens is 454 g/mol. The minimum Gasteiger partial charge on any atom is -0.337 e. The van der Waals surface area contributed by atoms with Gasteiger partial charge in [0.2, 0.25) is 11.8 Å². The first-order chi connectivity index (χ1) is 17.4. The number of hydrogen-bond donors (Lipinski definition) is 1. The van der Waals surface area contributed by atoms with Crippen molar-refractivity contribution in [2.24, 2.45) is 5.92 Å². The molecule has 8 nitrogen and oxygen atoms in total. The summed E-state index contributed by atoms with van der Waals surface area (Å²) < 4.78 is 0. The van der Waals surface area contributed by atoms with Crippen LogP contribution in [-0.4, -0.2) is 70.0 Å². The van der Waals surface area contributed by atoms with E-state index < -0.39 is 12.2 Å². The molecule has 0 unspecified atom stereocenters. The summed E-state index contributed by atoms with van der Waals surface area (Å²) in [6.07, 6.45) is 5.76. The van der Waals surface area contributed by atoms with Crippen LogP contribution in [0.1, 0.15) is 37.4 Å². The number of benzene rings is 2. The highest BCUT2D eigenvalue weighted by molar-refractivity contribution is 5.92. The molecule has 0 aromatic heterocycles. The predicted octanol–water partition coefficient (Wildman–Crippen LogP) is 2.85. The molecule has 2 heterocycles. The molecule has 0 aliphatic carbocycles. The number of fused-ring (bicyclic) bond motifs is 1. The van der Waals surface area contributed by atoms with Gasteiger partial charge in [0.05, 0.1) is 19.6 Å². The molecule has 2 fully saturated rings. The summed E-state index contributed by atoms with van der Waals surface area (Å²) in [5, 5.41) is 6.11. The van der Waals surface area contributed by atoms with E-state index in [1.54, 1.807) is 14.8 Å². The molecule has 2 aromatic carbocycles. The molecule has 2 saturated heterocycles. The maximum Gasteiger partial charge on any atom is 0.334 e. The summed E-state index contributed by atoms with van der Waals surface area (Å²) in [4.78, 5) is 44.1. The Labute approximate surface area is 212 Å². The van der Waals surface area contributed by atoms with Crippen LogP contribution in [0.2, 0.25) is 0 Å². The molecule has 0 bridgehead atoms. The van der Waals surface area contributed by atoms with Crippen molar-refractivity contribution in [1.82, 2.24) is 25.1 Å². The van der Waals surface area contributed by atoms with Gasteiger partial charge in [-0.2, -0.15) is 5.01 Å². The Morgan fingerprint density at radius 2 is 1.75 bits per heavy atom. The first-order valence-corrected chi connectivity index (χ1v) is 12.3. The van der Waals surface area contributed by atoms with Crippen molar-refractivity contribution in [3.63, 3.8) is 0 Å². The van der Waals surface area contributed by atoms with Crippen LogP contribution in [0.15, 0.2) is 60.7 Å². The van der Waals surface area contributed by atoms with Crippen LogP contribution in [0.4, 0.5) is 4.79 Å². The Morgan fingerprint density at radius 3 is 2.39 bits per heavy atom. The molecule has 2 atom stereocenters. The van der Waals surface area contributed by atoms with Gasteiger partial charge in [0.25, 0.3) is 0 Å². The number of piperazine rings is 1. The van der Waals surface area contributed by atoms with Crippen LogP contribution in [-0.2, 0) is 16.1 Å². The van der Waals surface area contributed by atoms with Crippen LogP contribution in [0.25, 0.3) is 0 Å². The molecule has 0 radical (unpaired) electrons. The van der Waals surface area contributed by atoms with E-state index in [2.05, 4.69) is 25.1 Å². The van der Waals surface area contributed by atoms with Crippen LogP contribution in [0.5, 0.6) is 0 Å². The molecule has 1 N–H and O–H groups in total. The van der Waals surface area contributed by atoms with Gasteiger partial charge in [-0.3, -0.25) is 9.59 Å². The summed E-state index contributed by atoms with van der Waals surface area (Å²) in [6, 6.07) is 17.7. The number of hydrazine groups is 1. The predicted molar refractivity (Wildman–Crippen MR) is 137 cm³/mol. The SMILES string of the molecule is C#CCN1CC(=O)N2[C@@H](c3ccccc3)C(=O)N(CCC(C)C)C[C@@H]2N1C(=O)NCc1ccccc1. The van der Waals surface area contributed by atoms with Gasteiger partial charge >= 0.3 is 6.03 Å². The highest BCUT2D eigenvalue weighted by Crippen LogP contribution is 2.35. The molecule has 36 heavy (non-hydrogen) atoms. The third kappa shape index (κ3) is 5.37. The quantitative estimate of drug-likeness (QED) is 0.610. The van der Waals surface area contributed by atoms with Gasteiger partial charge in [0.15, 0.2) is 0 Å². The highest BCUT2D eigenvalue weighted by atomic mass is 16.2. The summed E-state index contributed by atoms with van der Waals surface area (Å²) in [5.74, 6) is 2.62. The highest BCUT2D eigenvalue weighted by Gasteiger charge is 2.51. The standard InChI is InChI=1S/C28H33N5O3/c1-4-16-31-20-25(34)32-24(33(31)28(36)29-18-22-11-7-5-8-12-22)19-30(17-15-21(2)3)27(35)26(32)23-13-9-6-10-14-23/h1,5-14,21,24,26H,15-20H2,2-3H3,(H,29,36)/t24-,26-/m0/s1. The maximum atomic E-state index is 13.7. The number of amides is 4. The Kier molecular flexibility index (Phi) is 7.91. The fourth-order valence-corrected chi connectivity index (χ4v) is 4.76. The normalized spacial score (nSPS) is 20.3. The van der Waals surface area contributed by atoms with Crippen molar-refractivity contribution in [1.29, 1.82) is 0 Å². The van der Waals surface area contributed by atoms with E-state index in [0.29, 0.717) is 19.0 Å². The number of nitrogens with zero attached hydrogens (tertiary/aromatic N) is 4. The van der Waals surface area contributed by atoms with E-state index in [4.69, 9.17) is 6.42 Å². The van der Waals surface area contributed by atoms with Gasteiger partial charge in [0, 0.05) is 13.1 Å². The monoisotopic (exact) mass is 487 g/mol. The lowest BCUT2D eigenvalue weighted by atomic mass is 9.98. The van der Waals surface area contributed by atoms with Crippen molar-refractivity contribution in [2.45, 2.75) is 39.0 Å². The van der Waals surface area contributed by atoms with Crippen molar-refractivity contribution < 1.29 is 14.4 Å². The van der Waals surface area contributed by atoms with E-state index in [1.807, 2.05) is 60.7 Å². The zero-order valence-corrected chi connectivity index (χ0v) is 20.8. The van der Waals surface area contributed by atoms with Gasteiger partial charge in [-0.1, -0.05) is 80.4 Å². The van der Waals surface area contributed by atoms with E-state index in [-0.39, 0.29) is 37.5 Å². The summed E-state index contributed by atoms with van der Waals surface area (Å²) in [5.41, 5.74) is 1.68. The minimum atomic E-state index is -0.804. The smallest absolute Gasteiger partial charge is 0.334 e. The fourth-order valence-electron chi connectivity index (χ4n) is 4.76. The van der Waals surface area contributed by atoms with E-state index in [9.17, 15) is 14.4 Å². The number of terminal acetylenes is 1. The van der Waals surface area contributed by atoms with Gasteiger partial charge in [-0.05, 0) is 23.5 Å². The van der Waals surface area contributed by atoms with E-state index in [0.717, 1.165) is 17.5 Å². The lowest BCUT2D eigenvalue weighted by Crippen LogP contribution is -2.74. The molecule has 2 aliphatic heterocycles. The lowest BCUT2D eigenvalue weighted by Gasteiger charge is -2.55. The zero-order valence-electron chi connectivity index (χ0n) is 20.8. The van der Waals surface area contributed by atoms with Crippen molar-refractivity contribution in [3.05, 3.63) is 71.8 Å². The molecule has 2 aromatic rings. The number of urea groups is 1. The molecule has 4 amide bonds. The zero-order chi connectivity index (χ0) is 25.7. The summed E-state index contributed by atoms with van der Waals surface area (Å²) >= 11 is 0. The second-order valence-corrected chi connectivity index (χ2v) is 9.58. The van der Waals surface area contributed by atoms with Crippen LogP contribution < -0.4 is 5.32 Å². The first-order valence-electron chi connectivity index (χ1n) is 12.3. The number of carbonyl (C=O) groups excluding carboxylic acids is 3. The Balaban J connectivity index is 1.69. The molecular formula is C28H33N5O3. The third-order valence-electron chi connectivity index (χ3n) is 6.58. The number of hydrogen-bond acceptors (Lipinski definition) is 4. The van der Waals surface area contributed by atoms with Crippen LogP contribution in [0.3, 0.4) is 0 Å². The van der Waals surface area contributed by atoms with Gasteiger partial charge in [0.1, 0.15) is 12.2 Å². The average molecular weight is 488 g/mol. The number of carbonyl (C=O) groups is 3. The van der Waals surface area contributed by atoms with Gasteiger partial charge in [-0.15, -0.1) is 6.42 Å². The number of nitrogens with one attached hydrogen (secondary N) is 1. The van der Waals surface area contributed by atoms with E-state index >= 15 is 0 Å². The van der Waals surface area contributed by atoms with Crippen molar-refractivity contribution in [2.75, 3.05) is 26.2 Å². The molecule has 4 rings (SSSR count). The molecule has 2 aliphatic rings. The maximum absolute atomic E-state index is 13.7. The topological polar surface area (TPSA) is 76.2 Å². The average Bonchev–Trinajstić information content (AvgIpc) is 2.88. The molecule has 188 valence electrons. The van der Waals surface area contributed by atoms with Crippen LogP contribution >= 0.6 is 0 Å². The Morgan fingerprint density at radius 1 is 1.08 bits per heavy atom. The Bertz CT molecular complexity index is 1120. The third-order valence-corrected chi connectivity index (χ3v) is 6.58.